The van der Waals surface area contributed by atoms with Crippen LogP contribution in [0.1, 0.15) is 43.0 Å². The van der Waals surface area contributed by atoms with E-state index in [0.717, 1.165) is 25.7 Å². The molecule has 0 radical (unpaired) electrons. The van der Waals surface area contributed by atoms with Crippen molar-refractivity contribution in [1.29, 1.82) is 0 Å². The molecule has 0 saturated carbocycles. The summed E-state index contributed by atoms with van der Waals surface area (Å²) in [6.45, 7) is 3.31. The van der Waals surface area contributed by atoms with E-state index in [1.54, 1.807) is 36.1 Å². The Morgan fingerprint density at radius 2 is 1.65 bits per heavy atom. The van der Waals surface area contributed by atoms with Crippen LogP contribution in [0.15, 0.2) is 24.3 Å². The van der Waals surface area contributed by atoms with Crippen LogP contribution in [0, 0.1) is 0 Å². The SMILES string of the molecule is CCOC(=O)c1ccc(NC(=O)C(=O)N2CCCCCC2)cc1. The van der Waals surface area contributed by atoms with Gasteiger partial charge in [-0.15, -0.1) is 0 Å². The first-order valence-corrected chi connectivity index (χ1v) is 7.99. The maximum absolute atomic E-state index is 12.2. The number of esters is 1. The zero-order valence-corrected chi connectivity index (χ0v) is 13.3. The zero-order chi connectivity index (χ0) is 16.7. The highest BCUT2D eigenvalue weighted by Crippen LogP contribution is 2.13. The third kappa shape index (κ3) is 4.81. The van der Waals surface area contributed by atoms with Crippen molar-refractivity contribution in [3.05, 3.63) is 29.8 Å². The Balaban J connectivity index is 1.94. The van der Waals surface area contributed by atoms with Gasteiger partial charge in [-0.2, -0.15) is 0 Å². The molecule has 0 unspecified atom stereocenters. The molecule has 1 heterocycles. The van der Waals surface area contributed by atoms with Crippen LogP contribution in [0.3, 0.4) is 0 Å². The predicted molar refractivity (Wildman–Crippen MR) is 86.1 cm³/mol. The number of likely N-dealkylation sites (tertiary alicyclic amines) is 1. The van der Waals surface area contributed by atoms with Crippen molar-refractivity contribution in [1.82, 2.24) is 4.90 Å². The number of nitrogens with one attached hydrogen (secondary N) is 1. The van der Waals surface area contributed by atoms with Crippen molar-refractivity contribution < 1.29 is 19.1 Å². The van der Waals surface area contributed by atoms with E-state index >= 15 is 0 Å². The minimum Gasteiger partial charge on any atom is -0.462 e. The minimum atomic E-state index is -0.643. The second-order valence-corrected chi connectivity index (χ2v) is 5.46. The highest BCUT2D eigenvalue weighted by Gasteiger charge is 2.22. The highest BCUT2D eigenvalue weighted by molar-refractivity contribution is 6.39. The summed E-state index contributed by atoms with van der Waals surface area (Å²) in [5.74, 6) is -1.55. The Morgan fingerprint density at radius 3 is 2.22 bits per heavy atom. The van der Waals surface area contributed by atoms with Gasteiger partial charge in [0.2, 0.25) is 0 Å². The second-order valence-electron chi connectivity index (χ2n) is 5.46. The second kappa shape index (κ2) is 8.31. The molecular weight excluding hydrogens is 296 g/mol. The van der Waals surface area contributed by atoms with Crippen molar-refractivity contribution in [3.8, 4) is 0 Å². The number of carbonyl (C=O) groups excluding carboxylic acids is 3. The Hall–Kier alpha value is -2.37. The molecule has 23 heavy (non-hydrogen) atoms. The number of benzene rings is 1. The van der Waals surface area contributed by atoms with Gasteiger partial charge in [-0.25, -0.2) is 4.79 Å². The van der Waals surface area contributed by atoms with Crippen molar-refractivity contribution in [2.24, 2.45) is 0 Å². The minimum absolute atomic E-state index is 0.307. The van der Waals surface area contributed by atoms with Gasteiger partial charge in [0, 0.05) is 18.8 Å². The van der Waals surface area contributed by atoms with Crippen LogP contribution < -0.4 is 5.32 Å². The molecule has 0 atom stereocenters. The molecule has 2 rings (SSSR count). The molecule has 6 heteroatoms. The van der Waals surface area contributed by atoms with Crippen molar-refractivity contribution in [2.75, 3.05) is 25.0 Å². The van der Waals surface area contributed by atoms with Crippen LogP contribution in [0.5, 0.6) is 0 Å². The van der Waals surface area contributed by atoms with Crippen LogP contribution >= 0.6 is 0 Å². The number of hydrogen-bond acceptors (Lipinski definition) is 4. The van der Waals surface area contributed by atoms with Gasteiger partial charge >= 0.3 is 17.8 Å². The molecule has 1 aliphatic rings. The van der Waals surface area contributed by atoms with Gasteiger partial charge in [-0.05, 0) is 44.0 Å². The largest absolute Gasteiger partial charge is 0.462 e. The molecular formula is C17H22N2O4. The van der Waals surface area contributed by atoms with Gasteiger partial charge in [0.1, 0.15) is 0 Å². The normalized spacial score (nSPS) is 14.7. The van der Waals surface area contributed by atoms with E-state index < -0.39 is 17.8 Å². The van der Waals surface area contributed by atoms with Gasteiger partial charge in [0.15, 0.2) is 0 Å². The van der Waals surface area contributed by atoms with Gasteiger partial charge in [-0.3, -0.25) is 9.59 Å². The standard InChI is InChI=1S/C17H22N2O4/c1-2-23-17(22)13-7-9-14(10-8-13)18-15(20)16(21)19-11-5-3-4-6-12-19/h7-10H,2-6,11-12H2,1H3,(H,18,20). The number of anilines is 1. The molecule has 1 aromatic carbocycles. The molecule has 0 aromatic heterocycles. The molecule has 1 saturated heterocycles. The fraction of sp³-hybridized carbons (Fsp3) is 0.471. The molecule has 1 aliphatic heterocycles. The first-order chi connectivity index (χ1) is 11.1. The molecule has 2 amide bonds. The van der Waals surface area contributed by atoms with Crippen LogP contribution in [0.25, 0.3) is 0 Å². The smallest absolute Gasteiger partial charge is 0.338 e. The number of carbonyl (C=O) groups is 3. The highest BCUT2D eigenvalue weighted by atomic mass is 16.5. The molecule has 1 fully saturated rings. The third-order valence-corrected chi connectivity index (χ3v) is 3.74. The van der Waals surface area contributed by atoms with E-state index in [-0.39, 0.29) is 0 Å². The van der Waals surface area contributed by atoms with Gasteiger partial charge in [0.25, 0.3) is 0 Å². The molecule has 1 aromatic rings. The summed E-state index contributed by atoms with van der Waals surface area (Å²) in [5.41, 5.74) is 0.884. The summed E-state index contributed by atoms with van der Waals surface area (Å²) in [7, 11) is 0. The lowest BCUT2D eigenvalue weighted by Crippen LogP contribution is -2.40. The first kappa shape index (κ1) is 17.0. The molecule has 1 N–H and O–H groups in total. The van der Waals surface area contributed by atoms with Gasteiger partial charge in [0.05, 0.1) is 12.2 Å². The fourth-order valence-corrected chi connectivity index (χ4v) is 2.51. The van der Waals surface area contributed by atoms with E-state index in [0.29, 0.717) is 30.9 Å². The number of ether oxygens (including phenoxy) is 1. The Morgan fingerprint density at radius 1 is 1.04 bits per heavy atom. The molecule has 0 aliphatic carbocycles. The van der Waals surface area contributed by atoms with Crippen LogP contribution in [0.2, 0.25) is 0 Å². The molecule has 0 bridgehead atoms. The summed E-state index contributed by atoms with van der Waals surface area (Å²) in [6.07, 6.45) is 4.07. The monoisotopic (exact) mass is 318 g/mol. The van der Waals surface area contributed by atoms with Crippen molar-refractivity contribution in [3.63, 3.8) is 0 Å². The summed E-state index contributed by atoms with van der Waals surface area (Å²) >= 11 is 0. The number of nitrogens with zero attached hydrogens (tertiary/aromatic N) is 1. The maximum atomic E-state index is 12.2. The lowest BCUT2D eigenvalue weighted by atomic mass is 10.2. The summed E-state index contributed by atoms with van der Waals surface area (Å²) in [4.78, 5) is 37.4. The zero-order valence-electron chi connectivity index (χ0n) is 13.3. The van der Waals surface area contributed by atoms with Crippen LogP contribution in [-0.2, 0) is 14.3 Å². The van der Waals surface area contributed by atoms with E-state index in [2.05, 4.69) is 5.32 Å². The lowest BCUT2D eigenvalue weighted by molar-refractivity contribution is -0.143. The maximum Gasteiger partial charge on any atom is 0.338 e. The number of rotatable bonds is 3. The number of amides is 2. The molecule has 0 spiro atoms. The van der Waals surface area contributed by atoms with Crippen molar-refractivity contribution >= 4 is 23.5 Å². The van der Waals surface area contributed by atoms with E-state index in [9.17, 15) is 14.4 Å². The van der Waals surface area contributed by atoms with Crippen LogP contribution in [0.4, 0.5) is 5.69 Å². The van der Waals surface area contributed by atoms with Gasteiger partial charge in [-0.1, -0.05) is 12.8 Å². The summed E-state index contributed by atoms with van der Waals surface area (Å²) in [5, 5.41) is 2.58. The van der Waals surface area contributed by atoms with Gasteiger partial charge < -0.3 is 15.0 Å². The van der Waals surface area contributed by atoms with Crippen molar-refractivity contribution in [2.45, 2.75) is 32.6 Å². The van der Waals surface area contributed by atoms with Crippen LogP contribution in [-0.4, -0.2) is 42.4 Å². The Bertz CT molecular complexity index is 560. The third-order valence-electron chi connectivity index (χ3n) is 3.74. The number of hydrogen-bond donors (Lipinski definition) is 1. The van der Waals surface area contributed by atoms with E-state index in [4.69, 9.17) is 4.74 Å². The van der Waals surface area contributed by atoms with E-state index in [1.165, 1.54) is 0 Å². The Labute approximate surface area is 135 Å². The average Bonchev–Trinajstić information content (AvgIpc) is 2.84. The topological polar surface area (TPSA) is 75.7 Å². The average molecular weight is 318 g/mol. The lowest BCUT2D eigenvalue weighted by Gasteiger charge is -2.19. The first-order valence-electron chi connectivity index (χ1n) is 7.99. The summed E-state index contributed by atoms with van der Waals surface area (Å²) < 4.78 is 4.89. The van der Waals surface area contributed by atoms with E-state index in [1.807, 2.05) is 0 Å². The fourth-order valence-electron chi connectivity index (χ4n) is 2.51. The predicted octanol–water partition coefficient (Wildman–Crippen LogP) is 2.20. The molecule has 6 nitrogen and oxygen atoms in total. The Kier molecular flexibility index (Phi) is 6.14. The quantitative estimate of drug-likeness (QED) is 0.685. The molecule has 124 valence electrons. The summed E-state index contributed by atoms with van der Waals surface area (Å²) in [6, 6.07) is 6.29.